The molecule has 0 saturated carbocycles. The molecule has 1 amide bonds. The van der Waals surface area contributed by atoms with Crippen molar-refractivity contribution in [2.24, 2.45) is 11.3 Å². The van der Waals surface area contributed by atoms with Crippen molar-refractivity contribution in [3.8, 4) is 0 Å². The number of allylic oxidation sites excluding steroid dienone is 4. The summed E-state index contributed by atoms with van der Waals surface area (Å²) in [6, 6.07) is 8.07. The minimum atomic E-state index is -0.398. The molecule has 1 aromatic rings. The number of carbonyl (C=O) groups is 1. The molecule has 0 aliphatic heterocycles. The maximum absolute atomic E-state index is 12.3. The van der Waals surface area contributed by atoms with Crippen LogP contribution in [0.25, 0.3) is 5.57 Å². The van der Waals surface area contributed by atoms with E-state index in [1.807, 2.05) is 39.0 Å². The first-order chi connectivity index (χ1) is 9.71. The number of amides is 1. The molecule has 1 unspecified atom stereocenters. The highest BCUT2D eigenvalue weighted by atomic mass is 16.2. The number of benzene rings is 1. The third-order valence-electron chi connectivity index (χ3n) is 4.10. The standard InChI is InChI=1S/C19H25NO/c1-12-11-13(2)17(14(12)3)15-9-7-8-10-16(15)20-18(21)19(4,5)6/h7-12H,1-6H3,(H,20,21). The monoisotopic (exact) mass is 283 g/mol. The van der Waals surface area contributed by atoms with E-state index in [-0.39, 0.29) is 5.91 Å². The second-order valence-corrected chi connectivity index (χ2v) is 6.95. The van der Waals surface area contributed by atoms with Crippen LogP contribution in [0.5, 0.6) is 0 Å². The summed E-state index contributed by atoms with van der Waals surface area (Å²) in [5.41, 5.74) is 5.54. The van der Waals surface area contributed by atoms with Crippen molar-refractivity contribution < 1.29 is 4.79 Å². The van der Waals surface area contributed by atoms with Gasteiger partial charge in [-0.3, -0.25) is 4.79 Å². The first-order valence-corrected chi connectivity index (χ1v) is 7.52. The highest BCUT2D eigenvalue weighted by Crippen LogP contribution is 2.40. The van der Waals surface area contributed by atoms with Crippen molar-refractivity contribution in [3.63, 3.8) is 0 Å². The summed E-state index contributed by atoms with van der Waals surface area (Å²) in [6.07, 6.45) is 2.28. The molecule has 0 radical (unpaired) electrons. The van der Waals surface area contributed by atoms with Crippen LogP contribution in [0.4, 0.5) is 5.69 Å². The van der Waals surface area contributed by atoms with Crippen molar-refractivity contribution in [1.29, 1.82) is 0 Å². The zero-order valence-corrected chi connectivity index (χ0v) is 13.9. The van der Waals surface area contributed by atoms with Crippen molar-refractivity contribution in [1.82, 2.24) is 0 Å². The quantitative estimate of drug-likeness (QED) is 0.809. The Labute approximate surface area is 128 Å². The largest absolute Gasteiger partial charge is 0.325 e. The Morgan fingerprint density at radius 1 is 1.14 bits per heavy atom. The molecule has 1 N–H and O–H groups in total. The number of hydrogen-bond donors (Lipinski definition) is 1. The highest BCUT2D eigenvalue weighted by molar-refractivity contribution is 5.99. The van der Waals surface area contributed by atoms with Crippen LogP contribution < -0.4 is 5.32 Å². The molecule has 0 saturated heterocycles. The number of hydrogen-bond acceptors (Lipinski definition) is 1. The summed E-state index contributed by atoms with van der Waals surface area (Å²) in [5, 5.41) is 3.08. The minimum Gasteiger partial charge on any atom is -0.325 e. The SMILES string of the molecule is CC1=CC(C)C(C)=C1c1ccccc1NC(=O)C(C)(C)C. The van der Waals surface area contributed by atoms with Gasteiger partial charge in [-0.15, -0.1) is 0 Å². The molecule has 2 heteroatoms. The topological polar surface area (TPSA) is 29.1 Å². The molecule has 1 aliphatic rings. The van der Waals surface area contributed by atoms with Gasteiger partial charge in [0.1, 0.15) is 0 Å². The lowest BCUT2D eigenvalue weighted by atomic mass is 9.93. The summed E-state index contributed by atoms with van der Waals surface area (Å²) in [4.78, 5) is 12.3. The average Bonchev–Trinajstić information content (AvgIpc) is 2.63. The summed E-state index contributed by atoms with van der Waals surface area (Å²) in [5.74, 6) is 0.507. The fourth-order valence-electron chi connectivity index (χ4n) is 2.67. The minimum absolute atomic E-state index is 0.0425. The fourth-order valence-corrected chi connectivity index (χ4v) is 2.67. The smallest absolute Gasteiger partial charge is 0.229 e. The molecule has 112 valence electrons. The van der Waals surface area contributed by atoms with Gasteiger partial charge >= 0.3 is 0 Å². The normalized spacial score (nSPS) is 18.8. The molecule has 0 fully saturated rings. The van der Waals surface area contributed by atoms with E-state index in [2.05, 4.69) is 38.2 Å². The van der Waals surface area contributed by atoms with Crippen LogP contribution in [-0.2, 0) is 4.79 Å². The Bertz CT molecular complexity index is 629. The summed E-state index contributed by atoms with van der Waals surface area (Å²) < 4.78 is 0. The average molecular weight is 283 g/mol. The van der Waals surface area contributed by atoms with Crippen molar-refractivity contribution in [2.45, 2.75) is 41.5 Å². The van der Waals surface area contributed by atoms with E-state index in [1.165, 1.54) is 16.7 Å². The van der Waals surface area contributed by atoms with E-state index in [0.29, 0.717) is 5.92 Å². The first kappa shape index (κ1) is 15.6. The van der Waals surface area contributed by atoms with E-state index in [4.69, 9.17) is 0 Å². The third-order valence-corrected chi connectivity index (χ3v) is 4.10. The number of carbonyl (C=O) groups excluding carboxylic acids is 1. The molecular formula is C19H25NO. The van der Waals surface area contributed by atoms with Gasteiger partial charge < -0.3 is 5.32 Å². The Hall–Kier alpha value is -1.83. The van der Waals surface area contributed by atoms with E-state index in [9.17, 15) is 4.79 Å². The first-order valence-electron chi connectivity index (χ1n) is 7.52. The lowest BCUT2D eigenvalue weighted by Gasteiger charge is -2.20. The van der Waals surface area contributed by atoms with Gasteiger partial charge in [0.25, 0.3) is 0 Å². The van der Waals surface area contributed by atoms with Crippen molar-refractivity contribution in [3.05, 3.63) is 47.1 Å². The van der Waals surface area contributed by atoms with Gasteiger partial charge in [-0.2, -0.15) is 0 Å². The zero-order valence-electron chi connectivity index (χ0n) is 13.9. The molecule has 2 nitrogen and oxygen atoms in total. The van der Waals surface area contributed by atoms with Crippen LogP contribution in [0.15, 0.2) is 41.5 Å². The Morgan fingerprint density at radius 2 is 1.76 bits per heavy atom. The number of anilines is 1. The predicted octanol–water partition coefficient (Wildman–Crippen LogP) is 5.04. The van der Waals surface area contributed by atoms with Crippen LogP contribution in [0.2, 0.25) is 0 Å². The molecule has 2 rings (SSSR count). The Kier molecular flexibility index (Phi) is 4.08. The molecule has 1 atom stereocenters. The van der Waals surface area contributed by atoms with Crippen LogP contribution in [0, 0.1) is 11.3 Å². The third kappa shape index (κ3) is 3.10. The van der Waals surface area contributed by atoms with Crippen LogP contribution >= 0.6 is 0 Å². The maximum atomic E-state index is 12.3. The second kappa shape index (κ2) is 5.51. The van der Waals surface area contributed by atoms with Crippen LogP contribution in [-0.4, -0.2) is 5.91 Å². The van der Waals surface area contributed by atoms with E-state index >= 15 is 0 Å². The maximum Gasteiger partial charge on any atom is 0.229 e. The predicted molar refractivity (Wildman–Crippen MR) is 90.0 cm³/mol. The molecule has 1 aliphatic carbocycles. The van der Waals surface area contributed by atoms with Gasteiger partial charge in [-0.05, 0) is 37.0 Å². The van der Waals surface area contributed by atoms with Gasteiger partial charge in [-0.1, -0.05) is 57.5 Å². The Morgan fingerprint density at radius 3 is 2.29 bits per heavy atom. The van der Waals surface area contributed by atoms with Gasteiger partial charge in [-0.25, -0.2) is 0 Å². The van der Waals surface area contributed by atoms with Gasteiger partial charge in [0.15, 0.2) is 0 Å². The van der Waals surface area contributed by atoms with Crippen molar-refractivity contribution in [2.75, 3.05) is 5.32 Å². The fraction of sp³-hybridized carbons (Fsp3) is 0.421. The van der Waals surface area contributed by atoms with Gasteiger partial charge in [0.2, 0.25) is 5.91 Å². The summed E-state index contributed by atoms with van der Waals surface area (Å²) in [7, 11) is 0. The molecule has 0 bridgehead atoms. The molecule has 0 spiro atoms. The highest BCUT2D eigenvalue weighted by Gasteiger charge is 2.24. The van der Waals surface area contributed by atoms with Crippen molar-refractivity contribution >= 4 is 17.2 Å². The van der Waals surface area contributed by atoms with Gasteiger partial charge in [0, 0.05) is 16.7 Å². The number of nitrogens with one attached hydrogen (secondary N) is 1. The Balaban J connectivity index is 2.44. The molecular weight excluding hydrogens is 258 g/mol. The lowest BCUT2D eigenvalue weighted by Crippen LogP contribution is -2.28. The summed E-state index contributed by atoms with van der Waals surface area (Å²) in [6.45, 7) is 12.3. The zero-order chi connectivity index (χ0) is 15.8. The van der Waals surface area contributed by atoms with E-state index in [1.54, 1.807) is 0 Å². The molecule has 1 aromatic carbocycles. The van der Waals surface area contributed by atoms with Crippen LogP contribution in [0.3, 0.4) is 0 Å². The second-order valence-electron chi connectivity index (χ2n) is 6.95. The number of rotatable bonds is 2. The van der Waals surface area contributed by atoms with Crippen LogP contribution in [0.1, 0.15) is 47.1 Å². The van der Waals surface area contributed by atoms with Gasteiger partial charge in [0.05, 0.1) is 0 Å². The van der Waals surface area contributed by atoms with E-state index < -0.39 is 5.41 Å². The van der Waals surface area contributed by atoms with E-state index in [0.717, 1.165) is 11.3 Å². The number of para-hydroxylation sites is 1. The molecule has 0 aromatic heterocycles. The molecule has 0 heterocycles. The lowest BCUT2D eigenvalue weighted by molar-refractivity contribution is -0.123. The molecule has 21 heavy (non-hydrogen) atoms. The summed E-state index contributed by atoms with van der Waals surface area (Å²) >= 11 is 0.